The number of benzene rings is 1. The zero-order chi connectivity index (χ0) is 22.7. The Hall–Kier alpha value is -1.63. The maximum absolute atomic E-state index is 2.49. The molecule has 0 aliphatic heterocycles. The van der Waals surface area contributed by atoms with Crippen LogP contribution >= 0.6 is 0 Å². The van der Waals surface area contributed by atoms with Crippen LogP contribution in [0.5, 0.6) is 0 Å². The van der Waals surface area contributed by atoms with Crippen LogP contribution in [0, 0.1) is 0 Å². The van der Waals surface area contributed by atoms with Crippen LogP contribution in [0.3, 0.4) is 0 Å². The minimum atomic E-state index is 1.22. The average Bonchev–Trinajstić information content (AvgIpc) is 2.83. The standard InChI is InChI=1S/C31H50N/c1-3-5-7-9-11-13-15-18-22-29-26-30(23-19-16-14-12-10-8-6-4-2)28-32(27-29)31-24-20-17-21-25-31/h17,20-21,24-28H,3-16,18-19,22-23H2,1-2H3/q+1. The SMILES string of the molecule is CCCCCCCCCCc1cc(CCCCCCCCCC)c[n+](-c2ccccc2)c1. The van der Waals surface area contributed by atoms with E-state index in [-0.39, 0.29) is 0 Å². The lowest BCUT2D eigenvalue weighted by molar-refractivity contribution is -0.596. The fourth-order valence-electron chi connectivity index (χ4n) is 4.66. The van der Waals surface area contributed by atoms with Gasteiger partial charge in [-0.1, -0.05) is 122 Å². The Bertz CT molecular complexity index is 653. The summed E-state index contributed by atoms with van der Waals surface area (Å²) in [4.78, 5) is 0. The topological polar surface area (TPSA) is 3.88 Å². The third-order valence-corrected chi connectivity index (χ3v) is 6.67. The number of unbranched alkanes of at least 4 members (excludes halogenated alkanes) is 14. The average molecular weight is 437 g/mol. The zero-order valence-electron chi connectivity index (χ0n) is 21.3. The van der Waals surface area contributed by atoms with Gasteiger partial charge in [0, 0.05) is 23.3 Å². The van der Waals surface area contributed by atoms with E-state index in [1.807, 2.05) is 0 Å². The molecule has 0 radical (unpaired) electrons. The highest BCUT2D eigenvalue weighted by Crippen LogP contribution is 2.15. The predicted molar refractivity (Wildman–Crippen MR) is 141 cm³/mol. The maximum atomic E-state index is 2.49. The third kappa shape index (κ3) is 11.8. The molecule has 2 aromatic rings. The van der Waals surface area contributed by atoms with E-state index in [0.29, 0.717) is 0 Å². The van der Waals surface area contributed by atoms with Gasteiger partial charge in [-0.3, -0.25) is 0 Å². The number of hydrogen-bond donors (Lipinski definition) is 0. The first-order chi connectivity index (χ1) is 15.8. The van der Waals surface area contributed by atoms with Crippen molar-refractivity contribution >= 4 is 0 Å². The molecule has 0 saturated heterocycles. The van der Waals surface area contributed by atoms with Gasteiger partial charge in [0.1, 0.15) is 0 Å². The minimum absolute atomic E-state index is 1.22. The predicted octanol–water partition coefficient (Wildman–Crippen LogP) is 9.33. The molecule has 0 amide bonds. The number of rotatable bonds is 19. The first-order valence-corrected chi connectivity index (χ1v) is 13.9. The van der Waals surface area contributed by atoms with Crippen molar-refractivity contribution in [1.82, 2.24) is 0 Å². The molecule has 0 aliphatic rings. The van der Waals surface area contributed by atoms with Gasteiger partial charge in [-0.2, -0.15) is 4.57 Å². The molecule has 32 heavy (non-hydrogen) atoms. The van der Waals surface area contributed by atoms with E-state index in [9.17, 15) is 0 Å². The molecule has 0 unspecified atom stereocenters. The molecule has 0 spiro atoms. The Kier molecular flexibility index (Phi) is 14.9. The van der Waals surface area contributed by atoms with Crippen molar-refractivity contribution in [3.8, 4) is 5.69 Å². The second-order valence-corrected chi connectivity index (χ2v) is 9.74. The fraction of sp³-hybridized carbons (Fsp3) is 0.645. The van der Waals surface area contributed by atoms with E-state index < -0.39 is 0 Å². The summed E-state index contributed by atoms with van der Waals surface area (Å²) in [5.74, 6) is 0. The highest BCUT2D eigenvalue weighted by molar-refractivity contribution is 5.24. The van der Waals surface area contributed by atoms with Crippen LogP contribution in [0.1, 0.15) is 128 Å². The van der Waals surface area contributed by atoms with E-state index in [1.54, 1.807) is 0 Å². The van der Waals surface area contributed by atoms with Crippen LogP contribution in [0.4, 0.5) is 0 Å². The fourth-order valence-corrected chi connectivity index (χ4v) is 4.66. The Morgan fingerprint density at radius 1 is 0.500 bits per heavy atom. The summed E-state index contributed by atoms with van der Waals surface area (Å²) in [5, 5.41) is 0. The molecule has 1 aromatic carbocycles. The number of aromatic nitrogens is 1. The number of aryl methyl sites for hydroxylation is 2. The van der Waals surface area contributed by atoms with Crippen molar-refractivity contribution in [3.63, 3.8) is 0 Å². The van der Waals surface area contributed by atoms with Gasteiger partial charge in [0.05, 0.1) is 0 Å². The van der Waals surface area contributed by atoms with Crippen LogP contribution in [-0.2, 0) is 12.8 Å². The highest BCUT2D eigenvalue weighted by Gasteiger charge is 2.10. The summed E-state index contributed by atoms with van der Waals surface area (Å²) >= 11 is 0. The van der Waals surface area contributed by atoms with Gasteiger partial charge in [0.2, 0.25) is 5.69 Å². The van der Waals surface area contributed by atoms with Gasteiger partial charge in [-0.25, -0.2) is 0 Å². The molecular formula is C31H50N+. The van der Waals surface area contributed by atoms with Gasteiger partial charge in [0.25, 0.3) is 0 Å². The molecule has 2 rings (SSSR count). The summed E-state index contributed by atoms with van der Waals surface area (Å²) < 4.78 is 2.36. The molecule has 0 saturated carbocycles. The quantitative estimate of drug-likeness (QED) is 0.152. The van der Waals surface area contributed by atoms with E-state index in [4.69, 9.17) is 0 Å². The number of nitrogens with zero attached hydrogens (tertiary/aromatic N) is 1. The Labute approximate surface area is 199 Å². The van der Waals surface area contributed by atoms with Crippen molar-refractivity contribution in [3.05, 3.63) is 59.9 Å². The van der Waals surface area contributed by atoms with Crippen molar-refractivity contribution < 1.29 is 4.57 Å². The Morgan fingerprint density at radius 2 is 0.906 bits per heavy atom. The monoisotopic (exact) mass is 436 g/mol. The van der Waals surface area contributed by atoms with Crippen LogP contribution in [-0.4, -0.2) is 0 Å². The second kappa shape index (κ2) is 17.9. The van der Waals surface area contributed by atoms with Crippen LogP contribution < -0.4 is 4.57 Å². The first kappa shape index (κ1) is 26.6. The van der Waals surface area contributed by atoms with Crippen molar-refractivity contribution in [2.24, 2.45) is 0 Å². The molecule has 1 heteroatoms. The summed E-state index contributed by atoms with van der Waals surface area (Å²) in [6, 6.07) is 13.3. The lowest BCUT2D eigenvalue weighted by Crippen LogP contribution is -2.31. The number of pyridine rings is 1. The zero-order valence-corrected chi connectivity index (χ0v) is 21.3. The number of para-hydroxylation sites is 1. The summed E-state index contributed by atoms with van der Waals surface area (Å²) in [7, 11) is 0. The van der Waals surface area contributed by atoms with Crippen molar-refractivity contribution in [2.45, 2.75) is 129 Å². The van der Waals surface area contributed by atoms with Crippen molar-refractivity contribution in [1.29, 1.82) is 0 Å². The molecule has 0 bridgehead atoms. The lowest BCUT2D eigenvalue weighted by atomic mass is 10.0. The summed E-state index contributed by atoms with van der Waals surface area (Å²) in [5.41, 5.74) is 4.30. The van der Waals surface area contributed by atoms with Crippen molar-refractivity contribution in [2.75, 3.05) is 0 Å². The molecule has 1 nitrogen and oxygen atoms in total. The molecule has 0 N–H and O–H groups in total. The molecule has 0 atom stereocenters. The molecule has 0 fully saturated rings. The van der Waals surface area contributed by atoms with E-state index in [2.05, 4.69) is 67.2 Å². The smallest absolute Gasteiger partial charge is 0.167 e. The van der Waals surface area contributed by atoms with E-state index in [1.165, 1.54) is 132 Å². The molecule has 178 valence electrons. The van der Waals surface area contributed by atoms with E-state index in [0.717, 1.165) is 0 Å². The maximum Gasteiger partial charge on any atom is 0.210 e. The molecular weight excluding hydrogens is 386 g/mol. The largest absolute Gasteiger partial charge is 0.210 e. The lowest BCUT2D eigenvalue weighted by Gasteiger charge is -2.07. The van der Waals surface area contributed by atoms with Gasteiger partial charge in [-0.05, 0) is 31.7 Å². The Morgan fingerprint density at radius 3 is 1.34 bits per heavy atom. The minimum Gasteiger partial charge on any atom is -0.167 e. The van der Waals surface area contributed by atoms with Gasteiger partial charge < -0.3 is 0 Å². The normalized spacial score (nSPS) is 11.2. The molecule has 1 aromatic heterocycles. The van der Waals surface area contributed by atoms with Crippen LogP contribution in [0.15, 0.2) is 48.8 Å². The highest BCUT2D eigenvalue weighted by atomic mass is 14.9. The first-order valence-electron chi connectivity index (χ1n) is 13.9. The molecule has 0 aliphatic carbocycles. The number of hydrogen-bond acceptors (Lipinski definition) is 0. The van der Waals surface area contributed by atoms with Gasteiger partial charge >= 0.3 is 0 Å². The van der Waals surface area contributed by atoms with E-state index >= 15 is 0 Å². The molecule has 1 heterocycles. The van der Waals surface area contributed by atoms with Crippen LogP contribution in [0.2, 0.25) is 0 Å². The second-order valence-electron chi connectivity index (χ2n) is 9.74. The summed E-state index contributed by atoms with van der Waals surface area (Å²) in [6.45, 7) is 4.59. The van der Waals surface area contributed by atoms with Crippen LogP contribution in [0.25, 0.3) is 5.69 Å². The van der Waals surface area contributed by atoms with Gasteiger partial charge in [0.15, 0.2) is 12.4 Å². The third-order valence-electron chi connectivity index (χ3n) is 6.67. The van der Waals surface area contributed by atoms with Gasteiger partial charge in [-0.15, -0.1) is 0 Å². The Balaban J connectivity index is 1.81. The summed E-state index contributed by atoms with van der Waals surface area (Å²) in [6.07, 6.45) is 29.4.